The third kappa shape index (κ3) is 4.00. The Morgan fingerprint density at radius 3 is 2.70 bits per heavy atom. The minimum atomic E-state index is -0.127. The van der Waals surface area contributed by atoms with Gasteiger partial charge in [0.1, 0.15) is 5.82 Å². The molecule has 1 saturated heterocycles. The summed E-state index contributed by atoms with van der Waals surface area (Å²) in [6, 6.07) is 5.89. The highest BCUT2D eigenvalue weighted by Gasteiger charge is 2.19. The van der Waals surface area contributed by atoms with E-state index in [2.05, 4.69) is 34.1 Å². The molecule has 1 amide bonds. The van der Waals surface area contributed by atoms with Gasteiger partial charge in [0, 0.05) is 38.6 Å². The Hall–Kier alpha value is -3.00. The minimum Gasteiger partial charge on any atom is -0.378 e. The molecule has 0 aromatic carbocycles. The van der Waals surface area contributed by atoms with E-state index in [0.29, 0.717) is 12.1 Å². The maximum atomic E-state index is 13.1. The first kappa shape index (κ1) is 20.3. The van der Waals surface area contributed by atoms with Crippen molar-refractivity contribution in [2.24, 2.45) is 7.05 Å². The highest BCUT2D eigenvalue weighted by molar-refractivity contribution is 6.06. The van der Waals surface area contributed by atoms with Gasteiger partial charge in [0.2, 0.25) is 0 Å². The summed E-state index contributed by atoms with van der Waals surface area (Å²) in [4.78, 5) is 24.5. The smallest absolute Gasteiger partial charge is 0.252 e. The van der Waals surface area contributed by atoms with E-state index in [0.717, 1.165) is 60.1 Å². The van der Waals surface area contributed by atoms with E-state index in [1.165, 1.54) is 0 Å². The molecule has 0 radical (unpaired) electrons. The molecule has 30 heavy (non-hydrogen) atoms. The van der Waals surface area contributed by atoms with Crippen LogP contribution in [0.4, 0.5) is 5.82 Å². The van der Waals surface area contributed by atoms with Gasteiger partial charge in [0.25, 0.3) is 5.91 Å². The summed E-state index contributed by atoms with van der Waals surface area (Å²) in [7, 11) is 1.86. The number of ether oxygens (including phenoxy) is 1. The second kappa shape index (κ2) is 8.39. The van der Waals surface area contributed by atoms with Crippen LogP contribution < -0.4 is 10.2 Å². The standard InChI is InChI=1S/C22H28N6O2/c1-14(2)18-11-17(20-15(3)26-27(4)21(20)25-18)22(29)24-13-16-5-6-19(23-12-16)28-7-9-30-10-8-28/h5-6,11-12,14H,7-10,13H2,1-4H3,(H,24,29). The van der Waals surface area contributed by atoms with Crippen molar-refractivity contribution in [3.05, 3.63) is 46.9 Å². The van der Waals surface area contributed by atoms with E-state index in [1.54, 1.807) is 4.68 Å². The Labute approximate surface area is 176 Å². The number of morpholine rings is 1. The molecule has 1 aliphatic heterocycles. The van der Waals surface area contributed by atoms with Gasteiger partial charge in [-0.2, -0.15) is 5.10 Å². The molecular formula is C22H28N6O2. The predicted octanol–water partition coefficient (Wildman–Crippen LogP) is 2.56. The fourth-order valence-corrected chi connectivity index (χ4v) is 3.72. The van der Waals surface area contributed by atoms with Crippen LogP contribution in [0, 0.1) is 6.92 Å². The molecule has 3 aromatic rings. The normalized spacial score (nSPS) is 14.5. The number of carbonyl (C=O) groups excluding carboxylic acids is 1. The molecule has 1 aliphatic rings. The lowest BCUT2D eigenvalue weighted by Gasteiger charge is -2.27. The molecule has 8 nitrogen and oxygen atoms in total. The zero-order chi connectivity index (χ0) is 21.3. The summed E-state index contributed by atoms with van der Waals surface area (Å²) in [5, 5.41) is 8.29. The van der Waals surface area contributed by atoms with Crippen LogP contribution in [0.3, 0.4) is 0 Å². The lowest BCUT2D eigenvalue weighted by atomic mass is 10.0. The van der Waals surface area contributed by atoms with Gasteiger partial charge in [-0.05, 0) is 30.5 Å². The van der Waals surface area contributed by atoms with Gasteiger partial charge in [-0.25, -0.2) is 9.97 Å². The fraction of sp³-hybridized carbons (Fsp3) is 0.455. The summed E-state index contributed by atoms with van der Waals surface area (Å²) >= 11 is 0. The number of amides is 1. The fourth-order valence-electron chi connectivity index (χ4n) is 3.72. The highest BCUT2D eigenvalue weighted by atomic mass is 16.5. The first-order valence-corrected chi connectivity index (χ1v) is 10.3. The van der Waals surface area contributed by atoms with Gasteiger partial charge in [0.05, 0.1) is 29.9 Å². The molecule has 0 aliphatic carbocycles. The van der Waals surface area contributed by atoms with Crippen molar-refractivity contribution in [3.63, 3.8) is 0 Å². The van der Waals surface area contributed by atoms with Crippen LogP contribution in [0.2, 0.25) is 0 Å². The Balaban J connectivity index is 1.52. The highest BCUT2D eigenvalue weighted by Crippen LogP contribution is 2.25. The molecular weight excluding hydrogens is 380 g/mol. The minimum absolute atomic E-state index is 0.127. The lowest BCUT2D eigenvalue weighted by molar-refractivity contribution is 0.0952. The molecule has 3 aromatic heterocycles. The van der Waals surface area contributed by atoms with E-state index >= 15 is 0 Å². The van der Waals surface area contributed by atoms with Crippen molar-refractivity contribution < 1.29 is 9.53 Å². The predicted molar refractivity (Wildman–Crippen MR) is 116 cm³/mol. The Bertz CT molecular complexity index is 1050. The van der Waals surface area contributed by atoms with Crippen LogP contribution in [-0.4, -0.2) is 52.0 Å². The number of nitrogens with one attached hydrogen (secondary N) is 1. The van der Waals surface area contributed by atoms with Gasteiger partial charge in [-0.15, -0.1) is 0 Å². The SMILES string of the molecule is Cc1nn(C)c2nc(C(C)C)cc(C(=O)NCc3ccc(N4CCOCC4)nc3)c12. The van der Waals surface area contributed by atoms with E-state index in [9.17, 15) is 4.79 Å². The quantitative estimate of drug-likeness (QED) is 0.698. The first-order valence-electron chi connectivity index (χ1n) is 10.3. The van der Waals surface area contributed by atoms with Crippen molar-refractivity contribution >= 4 is 22.8 Å². The largest absolute Gasteiger partial charge is 0.378 e. The Morgan fingerprint density at radius 2 is 2.03 bits per heavy atom. The first-order chi connectivity index (χ1) is 14.4. The maximum Gasteiger partial charge on any atom is 0.252 e. The number of carbonyl (C=O) groups is 1. The summed E-state index contributed by atoms with van der Waals surface area (Å²) < 4.78 is 7.13. The molecule has 1 N–H and O–H groups in total. The van der Waals surface area contributed by atoms with Crippen molar-refractivity contribution in [3.8, 4) is 0 Å². The topological polar surface area (TPSA) is 85.2 Å². The number of anilines is 1. The number of aryl methyl sites for hydroxylation is 2. The van der Waals surface area contributed by atoms with Crippen LogP contribution >= 0.6 is 0 Å². The van der Waals surface area contributed by atoms with E-state index in [4.69, 9.17) is 9.72 Å². The number of nitrogens with zero attached hydrogens (tertiary/aromatic N) is 5. The molecule has 0 atom stereocenters. The van der Waals surface area contributed by atoms with Crippen LogP contribution in [0.15, 0.2) is 24.4 Å². The van der Waals surface area contributed by atoms with Crippen LogP contribution in [0.5, 0.6) is 0 Å². The molecule has 158 valence electrons. The van der Waals surface area contributed by atoms with Crippen LogP contribution in [0.25, 0.3) is 11.0 Å². The zero-order valence-electron chi connectivity index (χ0n) is 18.0. The van der Waals surface area contributed by atoms with Crippen molar-refractivity contribution in [1.29, 1.82) is 0 Å². The van der Waals surface area contributed by atoms with Gasteiger partial charge >= 0.3 is 0 Å². The number of rotatable bonds is 5. The van der Waals surface area contributed by atoms with E-state index < -0.39 is 0 Å². The molecule has 1 fully saturated rings. The molecule has 0 saturated carbocycles. The third-order valence-corrected chi connectivity index (χ3v) is 5.42. The maximum absolute atomic E-state index is 13.1. The molecule has 8 heteroatoms. The van der Waals surface area contributed by atoms with Crippen molar-refractivity contribution in [2.45, 2.75) is 33.2 Å². The second-order valence-corrected chi connectivity index (χ2v) is 7.96. The number of hydrogen-bond acceptors (Lipinski definition) is 6. The summed E-state index contributed by atoms with van der Waals surface area (Å²) in [6.45, 7) is 9.62. The van der Waals surface area contributed by atoms with Crippen molar-refractivity contribution in [2.75, 3.05) is 31.2 Å². The average Bonchev–Trinajstić information content (AvgIpc) is 3.06. The number of hydrogen-bond donors (Lipinski definition) is 1. The molecule has 0 bridgehead atoms. The average molecular weight is 409 g/mol. The third-order valence-electron chi connectivity index (χ3n) is 5.42. The molecule has 0 unspecified atom stereocenters. The second-order valence-electron chi connectivity index (χ2n) is 7.96. The lowest BCUT2D eigenvalue weighted by Crippen LogP contribution is -2.36. The van der Waals surface area contributed by atoms with E-state index in [-0.39, 0.29) is 11.8 Å². The number of aromatic nitrogens is 4. The summed E-state index contributed by atoms with van der Waals surface area (Å²) in [5.41, 5.74) is 3.99. The molecule has 0 spiro atoms. The van der Waals surface area contributed by atoms with Crippen LogP contribution in [-0.2, 0) is 18.3 Å². The zero-order valence-corrected chi connectivity index (χ0v) is 18.0. The summed E-state index contributed by atoms with van der Waals surface area (Å²) in [6.07, 6.45) is 1.82. The van der Waals surface area contributed by atoms with Gasteiger partial charge in [-0.3, -0.25) is 9.48 Å². The molecule has 4 heterocycles. The van der Waals surface area contributed by atoms with Crippen LogP contribution in [0.1, 0.15) is 47.1 Å². The Morgan fingerprint density at radius 1 is 1.27 bits per heavy atom. The number of fused-ring (bicyclic) bond motifs is 1. The van der Waals surface area contributed by atoms with E-state index in [1.807, 2.05) is 38.4 Å². The summed E-state index contributed by atoms with van der Waals surface area (Å²) in [5.74, 6) is 1.03. The molecule has 4 rings (SSSR count). The monoisotopic (exact) mass is 408 g/mol. The van der Waals surface area contributed by atoms with Gasteiger partial charge in [0.15, 0.2) is 5.65 Å². The number of pyridine rings is 2. The van der Waals surface area contributed by atoms with Gasteiger partial charge < -0.3 is 15.0 Å². The Kier molecular flexibility index (Phi) is 5.67. The van der Waals surface area contributed by atoms with Crippen molar-refractivity contribution in [1.82, 2.24) is 25.1 Å². The van der Waals surface area contributed by atoms with Gasteiger partial charge in [-0.1, -0.05) is 19.9 Å².